The highest BCUT2D eigenvalue weighted by Gasteiger charge is 2.23. The second kappa shape index (κ2) is 6.21. The van der Waals surface area contributed by atoms with Crippen LogP contribution in [0.3, 0.4) is 0 Å². The van der Waals surface area contributed by atoms with E-state index in [9.17, 15) is 8.78 Å². The molecule has 6 nitrogen and oxygen atoms in total. The number of halogens is 2. The van der Waals surface area contributed by atoms with E-state index in [0.29, 0.717) is 28.4 Å². The molecule has 2 aromatic carbocycles. The molecule has 0 amide bonds. The summed E-state index contributed by atoms with van der Waals surface area (Å²) in [4.78, 5) is 8.73. The van der Waals surface area contributed by atoms with Crippen LogP contribution in [0.2, 0.25) is 0 Å². The van der Waals surface area contributed by atoms with E-state index in [-0.39, 0.29) is 11.4 Å². The zero-order chi connectivity index (χ0) is 19.0. The number of nitrogens with one attached hydrogen (secondary N) is 2. The molecule has 2 aromatic heterocycles. The van der Waals surface area contributed by atoms with Gasteiger partial charge in [0.1, 0.15) is 17.0 Å². The van der Waals surface area contributed by atoms with Gasteiger partial charge in [-0.3, -0.25) is 5.10 Å². The van der Waals surface area contributed by atoms with Crippen molar-refractivity contribution in [2.75, 3.05) is 11.1 Å². The number of rotatable bonds is 4. The molecule has 4 rings (SSSR count). The standard InChI is InChI=1S/C19H14F2N6/c1-19(20,21)12-7-9-13(10-8-12)23-17-14-15(22)24-16(25-18(14)27-26-17)11-5-3-2-4-6-11/h3,5-10H,1H3,(H4,22,23,24,25,26,27). The van der Waals surface area contributed by atoms with Gasteiger partial charge in [-0.25, -0.2) is 18.7 Å². The third kappa shape index (κ3) is 3.22. The molecule has 2 heterocycles. The molecule has 27 heavy (non-hydrogen) atoms. The summed E-state index contributed by atoms with van der Waals surface area (Å²) in [7, 11) is 0. The number of nitrogens with zero attached hydrogens (tertiary/aromatic N) is 3. The predicted molar refractivity (Wildman–Crippen MR) is 98.5 cm³/mol. The second-order valence-electron chi connectivity index (χ2n) is 6.04. The third-order valence-electron chi connectivity index (χ3n) is 4.02. The number of hydrogen-bond acceptors (Lipinski definition) is 5. The SMILES string of the molecule is CC(F)(F)c1ccc(Nc2[nH]nc3nc(-c4cc#ccc4)nc(N)c23)cc1. The average Bonchev–Trinajstić information content (AvgIpc) is 3.05. The van der Waals surface area contributed by atoms with Crippen LogP contribution in [0, 0.1) is 12.1 Å². The zero-order valence-electron chi connectivity index (χ0n) is 14.2. The van der Waals surface area contributed by atoms with E-state index in [4.69, 9.17) is 5.73 Å². The Labute approximate surface area is 153 Å². The summed E-state index contributed by atoms with van der Waals surface area (Å²) < 4.78 is 26.7. The van der Waals surface area contributed by atoms with Crippen LogP contribution in [-0.2, 0) is 5.92 Å². The van der Waals surface area contributed by atoms with E-state index in [1.54, 1.807) is 30.3 Å². The molecule has 0 unspecified atom stereocenters. The highest BCUT2D eigenvalue weighted by molar-refractivity contribution is 5.97. The number of aromatic amines is 1. The molecule has 4 aromatic rings. The fourth-order valence-corrected chi connectivity index (χ4v) is 2.65. The maximum Gasteiger partial charge on any atom is 0.270 e. The first-order valence-corrected chi connectivity index (χ1v) is 8.07. The first-order valence-electron chi connectivity index (χ1n) is 8.07. The maximum absolute atomic E-state index is 13.3. The molecule has 0 saturated heterocycles. The van der Waals surface area contributed by atoms with Gasteiger partial charge >= 0.3 is 0 Å². The number of alkyl halides is 2. The smallest absolute Gasteiger partial charge is 0.270 e. The third-order valence-corrected chi connectivity index (χ3v) is 4.02. The van der Waals surface area contributed by atoms with Crippen LogP contribution in [0.4, 0.5) is 26.1 Å². The van der Waals surface area contributed by atoms with Gasteiger partial charge < -0.3 is 11.1 Å². The number of nitrogen functional groups attached to an aromatic ring is 1. The molecule has 0 aliphatic rings. The fraction of sp³-hybridized carbons (Fsp3) is 0.105. The largest absolute Gasteiger partial charge is 0.383 e. The van der Waals surface area contributed by atoms with Gasteiger partial charge in [-0.1, -0.05) is 24.3 Å². The Balaban J connectivity index is 1.67. The lowest BCUT2D eigenvalue weighted by Gasteiger charge is -2.11. The van der Waals surface area contributed by atoms with Crippen molar-refractivity contribution in [1.82, 2.24) is 20.2 Å². The van der Waals surface area contributed by atoms with Gasteiger partial charge in [0.15, 0.2) is 11.5 Å². The van der Waals surface area contributed by atoms with Crippen molar-refractivity contribution >= 4 is 28.4 Å². The van der Waals surface area contributed by atoms with Gasteiger partial charge in [-0.2, -0.15) is 5.10 Å². The number of fused-ring (bicyclic) bond motifs is 1. The first kappa shape index (κ1) is 16.7. The van der Waals surface area contributed by atoms with Gasteiger partial charge in [0.2, 0.25) is 0 Å². The molecule has 0 aliphatic carbocycles. The van der Waals surface area contributed by atoms with Crippen molar-refractivity contribution in [2.45, 2.75) is 12.8 Å². The normalized spacial score (nSPS) is 11.4. The number of nitrogens with two attached hydrogens (primary N) is 1. The van der Waals surface area contributed by atoms with Crippen molar-refractivity contribution in [3.8, 4) is 11.4 Å². The van der Waals surface area contributed by atoms with E-state index >= 15 is 0 Å². The van der Waals surface area contributed by atoms with Gasteiger partial charge in [-0.05, 0) is 30.3 Å². The Morgan fingerprint density at radius 1 is 1.11 bits per heavy atom. The lowest BCUT2D eigenvalue weighted by atomic mass is 10.1. The number of anilines is 3. The van der Waals surface area contributed by atoms with E-state index < -0.39 is 5.92 Å². The van der Waals surface area contributed by atoms with Crippen LogP contribution in [0.1, 0.15) is 12.5 Å². The fourth-order valence-electron chi connectivity index (χ4n) is 2.65. The molecular weight excluding hydrogens is 350 g/mol. The van der Waals surface area contributed by atoms with Crippen LogP contribution < -0.4 is 11.1 Å². The van der Waals surface area contributed by atoms with Crippen molar-refractivity contribution in [3.05, 3.63) is 60.2 Å². The molecule has 0 saturated carbocycles. The summed E-state index contributed by atoms with van der Waals surface area (Å²) in [6.07, 6.45) is 0. The summed E-state index contributed by atoms with van der Waals surface area (Å²) in [5.41, 5.74) is 7.78. The van der Waals surface area contributed by atoms with Crippen LogP contribution in [-0.4, -0.2) is 20.2 Å². The summed E-state index contributed by atoms with van der Waals surface area (Å²) in [6, 6.07) is 16.7. The molecule has 0 fully saturated rings. The molecule has 0 atom stereocenters. The topological polar surface area (TPSA) is 92.5 Å². The Morgan fingerprint density at radius 2 is 1.89 bits per heavy atom. The Morgan fingerprint density at radius 3 is 2.56 bits per heavy atom. The van der Waals surface area contributed by atoms with Crippen LogP contribution >= 0.6 is 0 Å². The van der Waals surface area contributed by atoms with Crippen molar-refractivity contribution < 1.29 is 8.78 Å². The van der Waals surface area contributed by atoms with Crippen LogP contribution in [0.15, 0.2) is 42.5 Å². The maximum atomic E-state index is 13.3. The van der Waals surface area contributed by atoms with E-state index in [1.165, 1.54) is 12.1 Å². The summed E-state index contributed by atoms with van der Waals surface area (Å²) in [5.74, 6) is -1.73. The number of H-pyrrole nitrogens is 1. The molecule has 0 aliphatic heterocycles. The lowest BCUT2D eigenvalue weighted by molar-refractivity contribution is 0.0175. The lowest BCUT2D eigenvalue weighted by Crippen LogP contribution is -2.06. The molecular formula is C19H14F2N6. The summed E-state index contributed by atoms with van der Waals surface area (Å²) in [5, 5.41) is 10.6. The van der Waals surface area contributed by atoms with Crippen LogP contribution in [0.25, 0.3) is 22.4 Å². The number of hydrogen-bond donors (Lipinski definition) is 3. The van der Waals surface area contributed by atoms with Gasteiger partial charge in [0, 0.05) is 23.7 Å². The predicted octanol–water partition coefficient (Wildman–Crippen LogP) is 4.06. The highest BCUT2D eigenvalue weighted by atomic mass is 19.3. The van der Waals surface area contributed by atoms with E-state index in [2.05, 4.69) is 37.6 Å². The molecule has 4 N–H and O–H groups in total. The minimum absolute atomic E-state index is 0.0630. The highest BCUT2D eigenvalue weighted by Crippen LogP contribution is 2.31. The Kier molecular flexibility index (Phi) is 3.85. The molecule has 8 heteroatoms. The molecule has 0 radical (unpaired) electrons. The number of benzene rings is 1. The van der Waals surface area contributed by atoms with Crippen molar-refractivity contribution in [3.63, 3.8) is 0 Å². The Hall–Kier alpha value is -3.73. The van der Waals surface area contributed by atoms with E-state index in [0.717, 1.165) is 12.5 Å². The number of aromatic nitrogens is 4. The van der Waals surface area contributed by atoms with Gasteiger partial charge in [0.05, 0.1) is 0 Å². The minimum Gasteiger partial charge on any atom is -0.383 e. The molecule has 0 spiro atoms. The second-order valence-corrected chi connectivity index (χ2v) is 6.04. The summed E-state index contributed by atoms with van der Waals surface area (Å²) in [6.45, 7) is 0.857. The minimum atomic E-state index is -2.89. The first-order chi connectivity index (χ1) is 12.9. The van der Waals surface area contributed by atoms with Crippen molar-refractivity contribution in [2.24, 2.45) is 0 Å². The monoisotopic (exact) mass is 364 g/mol. The molecule has 134 valence electrons. The summed E-state index contributed by atoms with van der Waals surface area (Å²) >= 11 is 0. The van der Waals surface area contributed by atoms with Gasteiger partial charge in [0.25, 0.3) is 5.92 Å². The van der Waals surface area contributed by atoms with Crippen molar-refractivity contribution in [1.29, 1.82) is 0 Å². The van der Waals surface area contributed by atoms with E-state index in [1.807, 2.05) is 0 Å². The molecule has 0 bridgehead atoms. The Bertz CT molecular complexity index is 1090. The van der Waals surface area contributed by atoms with Crippen LogP contribution in [0.5, 0.6) is 0 Å². The quantitative estimate of drug-likeness (QED) is 0.508. The zero-order valence-corrected chi connectivity index (χ0v) is 14.2. The van der Waals surface area contributed by atoms with Gasteiger partial charge in [-0.15, -0.1) is 0 Å². The average molecular weight is 364 g/mol.